The Hall–Kier alpha value is -3.98. The molecule has 4 rings (SSSR count). The second-order valence-electron chi connectivity index (χ2n) is 8.60. The maximum atomic E-state index is 13.5. The van der Waals surface area contributed by atoms with E-state index in [9.17, 15) is 19.7 Å². The van der Waals surface area contributed by atoms with Crippen molar-refractivity contribution in [1.29, 1.82) is 0 Å². The zero-order chi connectivity index (χ0) is 24.8. The number of nitro groups is 1. The maximum absolute atomic E-state index is 13.5. The SMILES string of the molecule is CC(=O)Nc1ccccc1N(C(=O)c1ccco1)C1CCN(CCc2cccc([N+](=O)[O-])c2)CC1. The van der Waals surface area contributed by atoms with Crippen LogP contribution < -0.4 is 10.2 Å². The summed E-state index contributed by atoms with van der Waals surface area (Å²) < 4.78 is 5.41. The van der Waals surface area contributed by atoms with Crippen LogP contribution in [0.1, 0.15) is 35.9 Å². The highest BCUT2D eigenvalue weighted by Crippen LogP contribution is 2.32. The molecule has 35 heavy (non-hydrogen) atoms. The quantitative estimate of drug-likeness (QED) is 0.379. The van der Waals surface area contributed by atoms with Crippen molar-refractivity contribution in [2.75, 3.05) is 29.9 Å². The molecule has 2 heterocycles. The van der Waals surface area contributed by atoms with Gasteiger partial charge in [0, 0.05) is 44.7 Å². The van der Waals surface area contributed by atoms with Gasteiger partial charge in [0.25, 0.3) is 11.6 Å². The normalized spacial score (nSPS) is 14.4. The second-order valence-corrected chi connectivity index (χ2v) is 8.60. The van der Waals surface area contributed by atoms with Crippen LogP contribution in [0.4, 0.5) is 17.1 Å². The lowest BCUT2D eigenvalue weighted by atomic mass is 10.0. The average Bonchev–Trinajstić information content (AvgIpc) is 3.40. The van der Waals surface area contributed by atoms with Crippen LogP contribution in [0.3, 0.4) is 0 Å². The van der Waals surface area contributed by atoms with Gasteiger partial charge in [-0.1, -0.05) is 24.3 Å². The van der Waals surface area contributed by atoms with Crippen LogP contribution in [0.5, 0.6) is 0 Å². The van der Waals surface area contributed by atoms with Gasteiger partial charge < -0.3 is 19.5 Å². The molecule has 3 aromatic rings. The molecule has 1 aliphatic heterocycles. The van der Waals surface area contributed by atoms with Crippen molar-refractivity contribution in [1.82, 2.24) is 4.90 Å². The summed E-state index contributed by atoms with van der Waals surface area (Å²) in [5.41, 5.74) is 2.25. The average molecular weight is 477 g/mol. The summed E-state index contributed by atoms with van der Waals surface area (Å²) in [6, 6.07) is 17.3. The minimum absolute atomic E-state index is 0.0726. The van der Waals surface area contributed by atoms with E-state index in [4.69, 9.17) is 4.42 Å². The van der Waals surface area contributed by atoms with Gasteiger partial charge >= 0.3 is 0 Å². The van der Waals surface area contributed by atoms with E-state index in [1.54, 1.807) is 35.2 Å². The molecule has 1 fully saturated rings. The second kappa shape index (κ2) is 11.0. The number of nitro benzene ring substituents is 1. The number of nitrogens with one attached hydrogen (secondary N) is 1. The van der Waals surface area contributed by atoms with Gasteiger partial charge in [-0.25, -0.2) is 0 Å². The van der Waals surface area contributed by atoms with Gasteiger partial charge in [-0.2, -0.15) is 0 Å². The number of hydrogen-bond donors (Lipinski definition) is 1. The Bertz CT molecular complexity index is 1190. The lowest BCUT2D eigenvalue weighted by Gasteiger charge is -2.39. The number of piperidine rings is 1. The molecular formula is C26H28N4O5. The van der Waals surface area contributed by atoms with Crippen LogP contribution in [0, 0.1) is 10.1 Å². The summed E-state index contributed by atoms with van der Waals surface area (Å²) in [6.45, 7) is 3.78. The minimum atomic E-state index is -0.377. The number of amides is 2. The largest absolute Gasteiger partial charge is 0.459 e. The van der Waals surface area contributed by atoms with Crippen molar-refractivity contribution < 1.29 is 18.9 Å². The number of carbonyl (C=O) groups excluding carboxylic acids is 2. The minimum Gasteiger partial charge on any atom is -0.459 e. The van der Waals surface area contributed by atoms with Gasteiger partial charge in [0.05, 0.1) is 22.6 Å². The molecule has 1 aromatic heterocycles. The van der Waals surface area contributed by atoms with E-state index in [1.165, 1.54) is 19.3 Å². The first-order chi connectivity index (χ1) is 16.9. The van der Waals surface area contributed by atoms with Crippen LogP contribution in [0.25, 0.3) is 0 Å². The Morgan fingerprint density at radius 3 is 2.57 bits per heavy atom. The van der Waals surface area contributed by atoms with Crippen LogP contribution in [0.2, 0.25) is 0 Å². The third-order valence-electron chi connectivity index (χ3n) is 6.19. The topological polar surface area (TPSA) is 109 Å². The highest BCUT2D eigenvalue weighted by atomic mass is 16.6. The Labute approximate surface area is 203 Å². The zero-order valence-corrected chi connectivity index (χ0v) is 19.6. The first kappa shape index (κ1) is 24.2. The van der Waals surface area contributed by atoms with Crippen LogP contribution in [0.15, 0.2) is 71.3 Å². The summed E-state index contributed by atoms with van der Waals surface area (Å²) in [7, 11) is 0. The van der Waals surface area contributed by atoms with E-state index in [2.05, 4.69) is 10.2 Å². The number of carbonyl (C=O) groups is 2. The molecule has 2 amide bonds. The number of nitrogens with zero attached hydrogens (tertiary/aromatic N) is 3. The number of rotatable bonds is 8. The van der Waals surface area contributed by atoms with Crippen molar-refractivity contribution >= 4 is 28.9 Å². The number of furan rings is 1. The standard InChI is InChI=1S/C26H28N4O5/c1-19(31)27-23-8-2-3-9-24(23)29(26(32)25-10-5-17-35-25)21-12-15-28(16-13-21)14-11-20-6-4-7-22(18-20)30(33)34/h2-10,17-18,21H,11-16H2,1H3,(H,27,31). The summed E-state index contributed by atoms with van der Waals surface area (Å²) in [6.07, 6.45) is 3.68. The summed E-state index contributed by atoms with van der Waals surface area (Å²) >= 11 is 0. The molecule has 9 heteroatoms. The smallest absolute Gasteiger partial charge is 0.294 e. The van der Waals surface area contributed by atoms with E-state index in [1.807, 2.05) is 24.3 Å². The van der Waals surface area contributed by atoms with E-state index >= 15 is 0 Å². The molecule has 0 spiro atoms. The summed E-state index contributed by atoms with van der Waals surface area (Å²) in [4.78, 5) is 40.0. The Morgan fingerprint density at radius 2 is 1.89 bits per heavy atom. The molecular weight excluding hydrogens is 448 g/mol. The molecule has 0 bridgehead atoms. The number of likely N-dealkylation sites (tertiary alicyclic amines) is 1. The van der Waals surface area contributed by atoms with Crippen molar-refractivity contribution in [3.63, 3.8) is 0 Å². The molecule has 9 nitrogen and oxygen atoms in total. The van der Waals surface area contributed by atoms with Crippen molar-refractivity contribution in [3.05, 3.63) is 88.4 Å². The molecule has 2 aromatic carbocycles. The lowest BCUT2D eigenvalue weighted by Crippen LogP contribution is -2.48. The first-order valence-corrected chi connectivity index (χ1v) is 11.6. The van der Waals surface area contributed by atoms with Crippen molar-refractivity contribution in [2.45, 2.75) is 32.2 Å². The maximum Gasteiger partial charge on any atom is 0.294 e. The van der Waals surface area contributed by atoms with Crippen LogP contribution in [-0.2, 0) is 11.2 Å². The van der Waals surface area contributed by atoms with E-state index in [0.717, 1.165) is 38.0 Å². The van der Waals surface area contributed by atoms with Gasteiger partial charge in [0.2, 0.25) is 5.91 Å². The molecule has 0 radical (unpaired) electrons. The Morgan fingerprint density at radius 1 is 1.11 bits per heavy atom. The van der Waals surface area contributed by atoms with Gasteiger partial charge in [-0.15, -0.1) is 0 Å². The molecule has 1 N–H and O–H groups in total. The number of hydrogen-bond acceptors (Lipinski definition) is 6. The van der Waals surface area contributed by atoms with Gasteiger partial charge in [0.15, 0.2) is 5.76 Å². The number of para-hydroxylation sites is 2. The molecule has 182 valence electrons. The van der Waals surface area contributed by atoms with Gasteiger partial charge in [-0.3, -0.25) is 19.7 Å². The molecule has 0 aliphatic carbocycles. The van der Waals surface area contributed by atoms with E-state index < -0.39 is 0 Å². The van der Waals surface area contributed by atoms with Crippen molar-refractivity contribution in [3.8, 4) is 0 Å². The summed E-state index contributed by atoms with van der Waals surface area (Å²) in [5, 5.41) is 13.9. The highest BCUT2D eigenvalue weighted by molar-refractivity contribution is 6.07. The van der Waals surface area contributed by atoms with E-state index in [0.29, 0.717) is 17.8 Å². The fourth-order valence-corrected chi connectivity index (χ4v) is 4.48. The van der Waals surface area contributed by atoms with Gasteiger partial charge in [0.1, 0.15) is 0 Å². The zero-order valence-electron chi connectivity index (χ0n) is 19.6. The Kier molecular flexibility index (Phi) is 7.57. The molecule has 1 aliphatic rings. The fourth-order valence-electron chi connectivity index (χ4n) is 4.48. The fraction of sp³-hybridized carbons (Fsp3) is 0.308. The number of non-ortho nitro benzene ring substituents is 1. The van der Waals surface area contributed by atoms with Gasteiger partial charge in [-0.05, 0) is 49.1 Å². The molecule has 0 saturated carbocycles. The van der Waals surface area contributed by atoms with Crippen LogP contribution in [-0.4, -0.2) is 47.3 Å². The van der Waals surface area contributed by atoms with Crippen molar-refractivity contribution in [2.24, 2.45) is 0 Å². The predicted molar refractivity (Wildman–Crippen MR) is 133 cm³/mol. The first-order valence-electron chi connectivity index (χ1n) is 11.6. The Balaban J connectivity index is 1.47. The third-order valence-corrected chi connectivity index (χ3v) is 6.19. The molecule has 0 atom stereocenters. The molecule has 1 saturated heterocycles. The highest BCUT2D eigenvalue weighted by Gasteiger charge is 2.32. The number of benzene rings is 2. The number of anilines is 2. The third kappa shape index (κ3) is 5.93. The van der Waals surface area contributed by atoms with E-state index in [-0.39, 0.29) is 34.2 Å². The monoisotopic (exact) mass is 476 g/mol. The predicted octanol–water partition coefficient (Wildman–Crippen LogP) is 4.50. The lowest BCUT2D eigenvalue weighted by molar-refractivity contribution is -0.384. The summed E-state index contributed by atoms with van der Waals surface area (Å²) in [5.74, 6) is -0.211. The molecule has 0 unspecified atom stereocenters. The van der Waals surface area contributed by atoms with Crippen LogP contribution >= 0.6 is 0 Å².